The molecule has 102 valence electrons. The second-order valence-electron chi connectivity index (χ2n) is 6.02. The largest absolute Gasteiger partial charge is 0.380 e. The van der Waals surface area contributed by atoms with Crippen LogP contribution in [-0.4, -0.2) is 25.8 Å². The van der Waals surface area contributed by atoms with Gasteiger partial charge < -0.3 is 10.1 Å². The Kier molecular flexibility index (Phi) is 7.87. The quantitative estimate of drug-likeness (QED) is 0.590. The molecular formula is C15H31NO. The fourth-order valence-corrected chi connectivity index (χ4v) is 2.20. The first-order valence-corrected chi connectivity index (χ1v) is 7.49. The monoisotopic (exact) mass is 241 g/mol. The lowest BCUT2D eigenvalue weighted by atomic mass is 9.83. The molecule has 17 heavy (non-hydrogen) atoms. The first-order valence-electron chi connectivity index (χ1n) is 7.49. The van der Waals surface area contributed by atoms with E-state index < -0.39 is 0 Å². The number of ether oxygens (including phenoxy) is 1. The summed E-state index contributed by atoms with van der Waals surface area (Å²) in [6, 6.07) is 0.632. The van der Waals surface area contributed by atoms with Crippen LogP contribution in [0.25, 0.3) is 0 Å². The zero-order valence-electron chi connectivity index (χ0n) is 12.0. The maximum absolute atomic E-state index is 5.65. The summed E-state index contributed by atoms with van der Waals surface area (Å²) < 4.78 is 5.65. The molecule has 2 nitrogen and oxygen atoms in total. The van der Waals surface area contributed by atoms with Gasteiger partial charge in [0.05, 0.1) is 6.61 Å². The van der Waals surface area contributed by atoms with Gasteiger partial charge in [-0.2, -0.15) is 0 Å². The summed E-state index contributed by atoms with van der Waals surface area (Å²) in [5.74, 6) is 1.80. The van der Waals surface area contributed by atoms with Gasteiger partial charge in [-0.25, -0.2) is 0 Å². The highest BCUT2D eigenvalue weighted by molar-refractivity contribution is 4.68. The van der Waals surface area contributed by atoms with Gasteiger partial charge in [-0.05, 0) is 38.0 Å². The van der Waals surface area contributed by atoms with Crippen molar-refractivity contribution >= 4 is 0 Å². The van der Waals surface area contributed by atoms with Gasteiger partial charge in [0.2, 0.25) is 0 Å². The van der Waals surface area contributed by atoms with Crippen molar-refractivity contribution in [2.75, 3.05) is 19.8 Å². The Hall–Kier alpha value is -0.0800. The highest BCUT2D eigenvalue weighted by atomic mass is 16.5. The van der Waals surface area contributed by atoms with Crippen LogP contribution in [0.4, 0.5) is 0 Å². The second kappa shape index (κ2) is 8.93. The van der Waals surface area contributed by atoms with Gasteiger partial charge in [-0.1, -0.05) is 33.1 Å². The smallest absolute Gasteiger partial charge is 0.0591 e. The minimum absolute atomic E-state index is 0.632. The van der Waals surface area contributed by atoms with Crippen molar-refractivity contribution in [1.29, 1.82) is 0 Å². The number of rotatable bonds is 10. The Morgan fingerprint density at radius 1 is 1.12 bits per heavy atom. The molecule has 1 unspecified atom stereocenters. The van der Waals surface area contributed by atoms with E-state index >= 15 is 0 Å². The first-order chi connectivity index (χ1) is 8.18. The molecule has 0 amide bonds. The third-order valence-electron chi connectivity index (χ3n) is 3.81. The fraction of sp³-hybridized carbons (Fsp3) is 1.00. The molecule has 1 rings (SSSR count). The summed E-state index contributed by atoms with van der Waals surface area (Å²) in [6.07, 6.45) is 8.20. The highest BCUT2D eigenvalue weighted by Crippen LogP contribution is 2.28. The van der Waals surface area contributed by atoms with Crippen molar-refractivity contribution in [3.8, 4) is 0 Å². The molecular weight excluding hydrogens is 210 g/mol. The molecule has 0 saturated heterocycles. The topological polar surface area (TPSA) is 21.3 Å². The Bertz CT molecular complexity index is 178. The molecule has 0 spiro atoms. The Morgan fingerprint density at radius 2 is 1.88 bits per heavy atom. The summed E-state index contributed by atoms with van der Waals surface area (Å²) >= 11 is 0. The van der Waals surface area contributed by atoms with Crippen molar-refractivity contribution in [2.24, 2.45) is 11.8 Å². The van der Waals surface area contributed by atoms with Gasteiger partial charge in [-0.15, -0.1) is 0 Å². The molecule has 1 fully saturated rings. The molecule has 0 aromatic rings. The number of nitrogens with one attached hydrogen (secondary N) is 1. The number of hydrogen-bond donors (Lipinski definition) is 1. The molecule has 1 saturated carbocycles. The molecule has 0 heterocycles. The van der Waals surface area contributed by atoms with E-state index in [0.717, 1.165) is 31.6 Å². The van der Waals surface area contributed by atoms with E-state index in [1.807, 2.05) is 0 Å². The van der Waals surface area contributed by atoms with Crippen molar-refractivity contribution in [3.05, 3.63) is 0 Å². The summed E-state index contributed by atoms with van der Waals surface area (Å²) in [5, 5.41) is 3.53. The van der Waals surface area contributed by atoms with Crippen molar-refractivity contribution in [3.63, 3.8) is 0 Å². The van der Waals surface area contributed by atoms with Crippen LogP contribution in [0, 0.1) is 11.8 Å². The van der Waals surface area contributed by atoms with Crippen LogP contribution in [0.5, 0.6) is 0 Å². The third-order valence-corrected chi connectivity index (χ3v) is 3.81. The van der Waals surface area contributed by atoms with Crippen LogP contribution >= 0.6 is 0 Å². The fourth-order valence-electron chi connectivity index (χ4n) is 2.20. The van der Waals surface area contributed by atoms with Gasteiger partial charge in [0.15, 0.2) is 0 Å². The number of hydrogen-bond acceptors (Lipinski definition) is 2. The summed E-state index contributed by atoms with van der Waals surface area (Å²) in [6.45, 7) is 9.69. The lowest BCUT2D eigenvalue weighted by molar-refractivity contribution is 0.106. The average molecular weight is 241 g/mol. The normalized spacial score (nSPS) is 18.4. The summed E-state index contributed by atoms with van der Waals surface area (Å²) in [5.41, 5.74) is 0. The maximum atomic E-state index is 5.65. The predicted octanol–water partition coefficient (Wildman–Crippen LogP) is 3.61. The van der Waals surface area contributed by atoms with Crippen molar-refractivity contribution in [1.82, 2.24) is 5.32 Å². The van der Waals surface area contributed by atoms with Gasteiger partial charge in [-0.3, -0.25) is 0 Å². The average Bonchev–Trinajstić information content (AvgIpc) is 2.22. The van der Waals surface area contributed by atoms with Crippen LogP contribution < -0.4 is 5.32 Å². The maximum Gasteiger partial charge on any atom is 0.0591 e. The Labute approximate surface area is 108 Å². The van der Waals surface area contributed by atoms with E-state index in [1.54, 1.807) is 0 Å². The third kappa shape index (κ3) is 7.77. The second-order valence-corrected chi connectivity index (χ2v) is 6.02. The van der Waals surface area contributed by atoms with Gasteiger partial charge >= 0.3 is 0 Å². The van der Waals surface area contributed by atoms with Crippen LogP contribution in [0.1, 0.15) is 59.3 Å². The van der Waals surface area contributed by atoms with E-state index in [2.05, 4.69) is 26.1 Å². The molecule has 1 N–H and O–H groups in total. The SMILES string of the molecule is CC(C)CCC(C)NCCOCCC1CCC1. The molecule has 1 aliphatic rings. The van der Waals surface area contributed by atoms with E-state index in [-0.39, 0.29) is 0 Å². The first kappa shape index (κ1) is 15.0. The van der Waals surface area contributed by atoms with Crippen LogP contribution in [0.3, 0.4) is 0 Å². The van der Waals surface area contributed by atoms with Crippen molar-refractivity contribution < 1.29 is 4.74 Å². The minimum Gasteiger partial charge on any atom is -0.380 e. The molecule has 0 aromatic carbocycles. The molecule has 0 aromatic heterocycles. The van der Waals surface area contributed by atoms with E-state index in [0.29, 0.717) is 6.04 Å². The predicted molar refractivity (Wildman–Crippen MR) is 74.3 cm³/mol. The zero-order chi connectivity index (χ0) is 12.5. The van der Waals surface area contributed by atoms with E-state index in [9.17, 15) is 0 Å². The molecule has 1 aliphatic carbocycles. The highest BCUT2D eigenvalue weighted by Gasteiger charge is 2.16. The standard InChI is InChI=1S/C15H31NO/c1-13(2)7-8-14(3)16-10-12-17-11-9-15-5-4-6-15/h13-16H,4-12H2,1-3H3. The van der Waals surface area contributed by atoms with Crippen LogP contribution in [0.15, 0.2) is 0 Å². The van der Waals surface area contributed by atoms with Crippen LogP contribution in [-0.2, 0) is 4.74 Å². The Morgan fingerprint density at radius 3 is 2.47 bits per heavy atom. The lowest BCUT2D eigenvalue weighted by Crippen LogP contribution is -2.30. The molecule has 0 aliphatic heterocycles. The molecule has 1 atom stereocenters. The minimum atomic E-state index is 0.632. The van der Waals surface area contributed by atoms with Gasteiger partial charge in [0, 0.05) is 19.2 Å². The Balaban J connectivity index is 1.79. The molecule has 2 heteroatoms. The molecule has 0 bridgehead atoms. The van der Waals surface area contributed by atoms with Gasteiger partial charge in [0.25, 0.3) is 0 Å². The van der Waals surface area contributed by atoms with E-state index in [1.165, 1.54) is 38.5 Å². The van der Waals surface area contributed by atoms with Crippen molar-refractivity contribution in [2.45, 2.75) is 65.3 Å². The molecule has 0 radical (unpaired) electrons. The van der Waals surface area contributed by atoms with Gasteiger partial charge in [0.1, 0.15) is 0 Å². The summed E-state index contributed by atoms with van der Waals surface area (Å²) in [7, 11) is 0. The van der Waals surface area contributed by atoms with Crippen LogP contribution in [0.2, 0.25) is 0 Å². The lowest BCUT2D eigenvalue weighted by Gasteiger charge is -2.24. The van der Waals surface area contributed by atoms with E-state index in [4.69, 9.17) is 4.74 Å². The zero-order valence-corrected chi connectivity index (χ0v) is 12.0. The summed E-state index contributed by atoms with van der Waals surface area (Å²) in [4.78, 5) is 0.